The summed E-state index contributed by atoms with van der Waals surface area (Å²) < 4.78 is 0. The van der Waals surface area contributed by atoms with Gasteiger partial charge in [-0.1, -0.05) is 41.1 Å². The summed E-state index contributed by atoms with van der Waals surface area (Å²) in [5.74, 6) is 0. The third-order valence-corrected chi connectivity index (χ3v) is 5.33. The van der Waals surface area contributed by atoms with Gasteiger partial charge in [0.25, 0.3) is 0 Å². The van der Waals surface area contributed by atoms with E-state index in [1.165, 1.54) is 16.2 Å². The van der Waals surface area contributed by atoms with Crippen molar-refractivity contribution < 1.29 is 31.1 Å². The Kier molecular flexibility index (Phi) is 4.59. The Morgan fingerprint density at radius 1 is 0.586 bits per heavy atom. The zero-order chi connectivity index (χ0) is 18.5. The molecule has 2 nitrogen and oxygen atoms in total. The van der Waals surface area contributed by atoms with E-state index in [9.17, 15) is 0 Å². The monoisotopic (exact) mass is 592 g/mol. The predicted molar refractivity (Wildman–Crippen MR) is 115 cm³/mol. The average Bonchev–Trinajstić information content (AvgIpc) is 2.78. The van der Waals surface area contributed by atoms with Gasteiger partial charge in [-0.25, -0.2) is 11.1 Å². The quantitative estimate of drug-likeness (QED) is 0.126. The van der Waals surface area contributed by atoms with Crippen molar-refractivity contribution in [1.82, 2.24) is 9.97 Å². The summed E-state index contributed by atoms with van der Waals surface area (Å²) in [6.07, 6.45) is 3.53. The van der Waals surface area contributed by atoms with Crippen molar-refractivity contribution >= 4 is 43.4 Å². The second-order valence-corrected chi connectivity index (χ2v) is 6.95. The molecule has 0 aliphatic carbocycles. The first-order chi connectivity index (χ1) is 13.9. The normalized spacial score (nSPS) is 11.2. The molecule has 0 atom stereocenters. The molecule has 3 heteroatoms. The zero-order valence-corrected chi connectivity index (χ0v) is 19.6. The summed E-state index contributed by atoms with van der Waals surface area (Å²) in [4.78, 5) is 9.38. The van der Waals surface area contributed by atoms with E-state index < -0.39 is 0 Å². The van der Waals surface area contributed by atoms with Crippen molar-refractivity contribution in [3.63, 3.8) is 0 Å². The molecule has 0 saturated heterocycles. The van der Waals surface area contributed by atoms with Crippen LogP contribution in [0.2, 0.25) is 0 Å². The maximum atomic E-state index is 4.69. The average molecular weight is 592 g/mol. The van der Waals surface area contributed by atoms with Crippen LogP contribution < -0.4 is 0 Å². The minimum atomic E-state index is 0. The summed E-state index contributed by atoms with van der Waals surface area (Å²) in [6, 6.07) is 31.9. The van der Waals surface area contributed by atoms with E-state index in [0.717, 1.165) is 38.3 Å². The van der Waals surface area contributed by atoms with Gasteiger partial charge in [0.15, 0.2) is 0 Å². The molecule has 1 aromatic heterocycles. The Morgan fingerprint density at radius 3 is 1.93 bits per heavy atom. The SMILES string of the molecule is [U+2].[c-]1ccccc1-c1[c-]cc2c3cc4ccccc4cc3c3nccnc3c2c1. The van der Waals surface area contributed by atoms with E-state index >= 15 is 0 Å². The van der Waals surface area contributed by atoms with E-state index in [-0.39, 0.29) is 31.1 Å². The fraction of sp³-hybridized carbons (Fsp3) is 0. The first-order valence-electron chi connectivity index (χ1n) is 9.26. The number of nitrogens with zero attached hydrogens (tertiary/aromatic N) is 2. The van der Waals surface area contributed by atoms with Crippen molar-refractivity contribution in [2.24, 2.45) is 0 Å². The molecule has 6 rings (SSSR count). The van der Waals surface area contributed by atoms with Gasteiger partial charge in [0.05, 0.1) is 11.0 Å². The molecule has 0 amide bonds. The van der Waals surface area contributed by atoms with Crippen LogP contribution in [-0.2, 0) is 0 Å². The van der Waals surface area contributed by atoms with E-state index in [4.69, 9.17) is 0 Å². The summed E-state index contributed by atoms with van der Waals surface area (Å²) >= 11 is 0. The van der Waals surface area contributed by atoms with Gasteiger partial charge in [0.1, 0.15) is 0 Å². The molecule has 0 unspecified atom stereocenters. The fourth-order valence-electron chi connectivity index (χ4n) is 4.02. The van der Waals surface area contributed by atoms with Crippen LogP contribution in [-0.4, -0.2) is 9.97 Å². The Balaban J connectivity index is 0.00000181. The third-order valence-electron chi connectivity index (χ3n) is 5.33. The zero-order valence-electron chi connectivity index (χ0n) is 15.5. The molecule has 29 heavy (non-hydrogen) atoms. The molecule has 0 saturated carbocycles. The molecular weight excluding hydrogens is 578 g/mol. The Morgan fingerprint density at radius 2 is 1.24 bits per heavy atom. The van der Waals surface area contributed by atoms with Crippen LogP contribution in [0.25, 0.3) is 54.5 Å². The molecule has 6 aromatic rings. The van der Waals surface area contributed by atoms with Crippen LogP contribution in [0.3, 0.4) is 0 Å². The van der Waals surface area contributed by atoms with Crippen LogP contribution >= 0.6 is 0 Å². The largest absolute Gasteiger partial charge is 2.00 e. The molecule has 1 heterocycles. The molecule has 0 bridgehead atoms. The van der Waals surface area contributed by atoms with Gasteiger partial charge in [-0.3, -0.25) is 9.97 Å². The smallest absolute Gasteiger partial charge is 0.254 e. The minimum Gasteiger partial charge on any atom is -0.254 e. The van der Waals surface area contributed by atoms with Gasteiger partial charge in [0, 0.05) is 17.8 Å². The van der Waals surface area contributed by atoms with Gasteiger partial charge in [-0.15, -0.1) is 12.1 Å². The molecular formula is C26H14N2U. The molecule has 132 valence electrons. The molecule has 5 aromatic carbocycles. The first kappa shape index (κ1) is 18.3. The van der Waals surface area contributed by atoms with E-state index in [2.05, 4.69) is 76.7 Å². The number of benzene rings is 5. The number of rotatable bonds is 1. The van der Waals surface area contributed by atoms with Gasteiger partial charge in [-0.05, 0) is 22.2 Å². The summed E-state index contributed by atoms with van der Waals surface area (Å²) in [6.45, 7) is 0. The second kappa shape index (κ2) is 7.26. The third kappa shape index (κ3) is 2.94. The van der Waals surface area contributed by atoms with Crippen LogP contribution in [0.5, 0.6) is 0 Å². The molecule has 0 spiro atoms. The van der Waals surface area contributed by atoms with Crippen molar-refractivity contribution in [2.75, 3.05) is 0 Å². The number of hydrogen-bond acceptors (Lipinski definition) is 2. The Bertz CT molecular complexity index is 1510. The maximum Gasteiger partial charge on any atom is 2.00 e. The number of fused-ring (bicyclic) bond motifs is 7. The van der Waals surface area contributed by atoms with Crippen molar-refractivity contribution in [1.29, 1.82) is 0 Å². The van der Waals surface area contributed by atoms with Crippen molar-refractivity contribution in [2.45, 2.75) is 0 Å². The Hall–Kier alpha value is -2.73. The van der Waals surface area contributed by atoms with Crippen molar-refractivity contribution in [3.8, 4) is 11.1 Å². The second-order valence-electron chi connectivity index (χ2n) is 6.95. The number of hydrogen-bond donors (Lipinski definition) is 0. The summed E-state index contributed by atoms with van der Waals surface area (Å²) in [7, 11) is 0. The van der Waals surface area contributed by atoms with Gasteiger partial charge in [-0.2, -0.15) is 36.4 Å². The van der Waals surface area contributed by atoms with Crippen LogP contribution in [0, 0.1) is 43.2 Å². The summed E-state index contributed by atoms with van der Waals surface area (Å²) in [5, 5.41) is 6.98. The van der Waals surface area contributed by atoms with Gasteiger partial charge in [0.2, 0.25) is 0 Å². The van der Waals surface area contributed by atoms with Crippen molar-refractivity contribution in [3.05, 3.63) is 97.3 Å². The van der Waals surface area contributed by atoms with Gasteiger partial charge < -0.3 is 0 Å². The molecule has 0 aliphatic rings. The molecule has 0 aliphatic heterocycles. The first-order valence-corrected chi connectivity index (χ1v) is 9.26. The summed E-state index contributed by atoms with van der Waals surface area (Å²) in [5.41, 5.74) is 3.90. The molecule has 0 fully saturated rings. The van der Waals surface area contributed by atoms with Crippen LogP contribution in [0.1, 0.15) is 0 Å². The Labute approximate surface area is 192 Å². The molecule has 0 N–H and O–H groups in total. The number of aromatic nitrogens is 2. The maximum absolute atomic E-state index is 4.69. The van der Waals surface area contributed by atoms with Crippen LogP contribution in [0.4, 0.5) is 0 Å². The fourth-order valence-corrected chi connectivity index (χ4v) is 4.02. The van der Waals surface area contributed by atoms with E-state index in [1.54, 1.807) is 12.4 Å². The van der Waals surface area contributed by atoms with E-state index in [1.807, 2.05) is 18.2 Å². The standard InChI is InChI=1S/C26H14N2.U/c1-2-6-17(7-3-1)20-10-11-21-22-14-18-8-4-5-9-19(18)15-24(22)26-25(23(21)16-20)27-12-13-28-26;/h1-6,8-9,11-16H;/q-2;+2. The van der Waals surface area contributed by atoms with E-state index in [0.29, 0.717) is 0 Å². The van der Waals surface area contributed by atoms with Gasteiger partial charge >= 0.3 is 31.1 Å². The minimum absolute atomic E-state index is 0. The molecule has 0 radical (unpaired) electrons. The van der Waals surface area contributed by atoms with Crippen LogP contribution in [0.15, 0.2) is 85.2 Å². The topological polar surface area (TPSA) is 25.8 Å². The predicted octanol–water partition coefficient (Wildman–Crippen LogP) is 6.36.